The molecule has 1 atom stereocenters. The standard InChI is InChI=1S/C12H13FN2O5S/c1-21-3-2-10(12(17)18)14-11(16)7-4-8(13)6-9(5-7)15(19)20/h4-6,10H,2-3H2,1H3,(H,14,16)(H,17,18)/t10-/m1/s1. The molecule has 1 rings (SSSR count). The normalized spacial score (nSPS) is 11.7. The number of thioether (sulfide) groups is 1. The van der Waals surface area contributed by atoms with Gasteiger partial charge in [-0.3, -0.25) is 14.9 Å². The van der Waals surface area contributed by atoms with Gasteiger partial charge in [0.05, 0.1) is 11.0 Å². The number of benzene rings is 1. The van der Waals surface area contributed by atoms with Crippen molar-refractivity contribution >= 4 is 29.3 Å². The number of nitrogens with one attached hydrogen (secondary N) is 1. The molecule has 0 aliphatic rings. The molecule has 0 spiro atoms. The summed E-state index contributed by atoms with van der Waals surface area (Å²) in [6.07, 6.45) is 1.98. The zero-order chi connectivity index (χ0) is 16.0. The average molecular weight is 316 g/mol. The molecule has 0 aliphatic heterocycles. The second-order valence-electron chi connectivity index (χ2n) is 4.10. The zero-order valence-electron chi connectivity index (χ0n) is 11.0. The largest absolute Gasteiger partial charge is 0.480 e. The molecule has 0 aliphatic carbocycles. The van der Waals surface area contributed by atoms with E-state index in [1.807, 2.05) is 0 Å². The van der Waals surface area contributed by atoms with Crippen LogP contribution in [0.1, 0.15) is 16.8 Å². The molecule has 0 radical (unpaired) electrons. The molecule has 0 saturated heterocycles. The van der Waals surface area contributed by atoms with Gasteiger partial charge in [-0.2, -0.15) is 11.8 Å². The molecule has 1 amide bonds. The summed E-state index contributed by atoms with van der Waals surface area (Å²) in [5.41, 5.74) is -0.867. The summed E-state index contributed by atoms with van der Waals surface area (Å²) in [6, 6.07) is 1.26. The molecule has 0 saturated carbocycles. The summed E-state index contributed by atoms with van der Waals surface area (Å²) in [6.45, 7) is 0. The number of aliphatic carboxylic acids is 1. The Bertz CT molecular complexity index is 567. The highest BCUT2D eigenvalue weighted by molar-refractivity contribution is 7.98. The first-order valence-corrected chi connectivity index (χ1v) is 7.22. The van der Waals surface area contributed by atoms with Crippen LogP contribution in [0, 0.1) is 15.9 Å². The van der Waals surface area contributed by atoms with Crippen molar-refractivity contribution in [2.24, 2.45) is 0 Å². The van der Waals surface area contributed by atoms with Crippen LogP contribution in [-0.2, 0) is 4.79 Å². The summed E-state index contributed by atoms with van der Waals surface area (Å²) in [4.78, 5) is 32.7. The predicted molar refractivity (Wildman–Crippen MR) is 74.9 cm³/mol. The molecule has 1 aromatic carbocycles. The molecule has 21 heavy (non-hydrogen) atoms. The summed E-state index contributed by atoms with van der Waals surface area (Å²) in [5, 5.41) is 21.8. The molecule has 1 aromatic rings. The monoisotopic (exact) mass is 316 g/mol. The lowest BCUT2D eigenvalue weighted by atomic mass is 10.1. The van der Waals surface area contributed by atoms with Gasteiger partial charge in [0.1, 0.15) is 11.9 Å². The van der Waals surface area contributed by atoms with Crippen molar-refractivity contribution in [2.75, 3.05) is 12.0 Å². The van der Waals surface area contributed by atoms with Crippen molar-refractivity contribution in [3.8, 4) is 0 Å². The minimum atomic E-state index is -1.22. The number of halogens is 1. The van der Waals surface area contributed by atoms with Crippen molar-refractivity contribution in [2.45, 2.75) is 12.5 Å². The van der Waals surface area contributed by atoms with E-state index in [0.717, 1.165) is 12.1 Å². The number of amides is 1. The molecule has 7 nitrogen and oxygen atoms in total. The van der Waals surface area contributed by atoms with Gasteiger partial charge in [-0.1, -0.05) is 0 Å². The van der Waals surface area contributed by atoms with Gasteiger partial charge in [0, 0.05) is 11.6 Å². The molecule has 0 heterocycles. The number of nitrogens with zero attached hydrogens (tertiary/aromatic N) is 1. The Morgan fingerprint density at radius 2 is 2.14 bits per heavy atom. The lowest BCUT2D eigenvalue weighted by Crippen LogP contribution is -2.41. The number of nitro benzene ring substituents is 1. The van der Waals surface area contributed by atoms with Gasteiger partial charge in [0.2, 0.25) is 0 Å². The third-order valence-electron chi connectivity index (χ3n) is 2.57. The number of carbonyl (C=O) groups is 2. The molecule has 0 unspecified atom stereocenters. The van der Waals surface area contributed by atoms with Gasteiger partial charge in [-0.25, -0.2) is 9.18 Å². The number of carboxylic acids is 1. The fourth-order valence-electron chi connectivity index (χ4n) is 1.55. The lowest BCUT2D eigenvalue weighted by Gasteiger charge is -2.13. The quantitative estimate of drug-likeness (QED) is 0.585. The van der Waals surface area contributed by atoms with E-state index in [-0.39, 0.29) is 12.0 Å². The highest BCUT2D eigenvalue weighted by Crippen LogP contribution is 2.16. The van der Waals surface area contributed by atoms with Crippen molar-refractivity contribution in [1.29, 1.82) is 0 Å². The van der Waals surface area contributed by atoms with Crippen molar-refractivity contribution in [3.05, 3.63) is 39.7 Å². The van der Waals surface area contributed by atoms with Gasteiger partial charge < -0.3 is 10.4 Å². The second-order valence-corrected chi connectivity index (χ2v) is 5.09. The van der Waals surface area contributed by atoms with Gasteiger partial charge >= 0.3 is 5.97 Å². The van der Waals surface area contributed by atoms with Crippen LogP contribution in [-0.4, -0.2) is 40.0 Å². The minimum absolute atomic E-state index is 0.194. The minimum Gasteiger partial charge on any atom is -0.480 e. The molecular formula is C12H13FN2O5S. The number of carboxylic acid groups (broad SMARTS) is 1. The maximum atomic E-state index is 13.2. The van der Waals surface area contributed by atoms with Crippen molar-refractivity contribution in [1.82, 2.24) is 5.32 Å². The fraction of sp³-hybridized carbons (Fsp3) is 0.333. The third kappa shape index (κ3) is 5.03. The zero-order valence-corrected chi connectivity index (χ0v) is 11.9. The Labute approximate surface area is 123 Å². The molecule has 0 aromatic heterocycles. The summed E-state index contributed by atoms with van der Waals surface area (Å²) in [7, 11) is 0. The van der Waals surface area contributed by atoms with Crippen LogP contribution in [0.4, 0.5) is 10.1 Å². The van der Waals surface area contributed by atoms with E-state index >= 15 is 0 Å². The van der Waals surface area contributed by atoms with Gasteiger partial charge in [0.15, 0.2) is 0 Å². The molecule has 0 bridgehead atoms. The smallest absolute Gasteiger partial charge is 0.326 e. The predicted octanol–water partition coefficient (Wildman–Crippen LogP) is 1.67. The Hall–Kier alpha value is -2.16. The van der Waals surface area contributed by atoms with Crippen molar-refractivity contribution in [3.63, 3.8) is 0 Å². The maximum Gasteiger partial charge on any atom is 0.326 e. The number of non-ortho nitro benzene ring substituents is 1. The van der Waals surface area contributed by atoms with Crippen LogP contribution in [0.25, 0.3) is 0 Å². The van der Waals surface area contributed by atoms with Gasteiger partial charge in [-0.15, -0.1) is 0 Å². The van der Waals surface area contributed by atoms with Crippen LogP contribution >= 0.6 is 11.8 Å². The third-order valence-corrected chi connectivity index (χ3v) is 3.21. The molecular weight excluding hydrogens is 303 g/mol. The lowest BCUT2D eigenvalue weighted by molar-refractivity contribution is -0.385. The van der Waals surface area contributed by atoms with E-state index in [0.29, 0.717) is 11.8 Å². The van der Waals surface area contributed by atoms with Crippen LogP contribution in [0.2, 0.25) is 0 Å². The van der Waals surface area contributed by atoms with Crippen LogP contribution in [0.3, 0.4) is 0 Å². The number of hydrogen-bond acceptors (Lipinski definition) is 5. The topological polar surface area (TPSA) is 110 Å². The first-order chi connectivity index (χ1) is 9.85. The van der Waals surface area contributed by atoms with Crippen LogP contribution in [0.5, 0.6) is 0 Å². The Balaban J connectivity index is 2.92. The van der Waals surface area contributed by atoms with Gasteiger partial charge in [0.25, 0.3) is 11.6 Å². The van der Waals surface area contributed by atoms with Crippen molar-refractivity contribution < 1.29 is 24.0 Å². The average Bonchev–Trinajstić information content (AvgIpc) is 2.42. The van der Waals surface area contributed by atoms with E-state index in [9.17, 15) is 24.1 Å². The van der Waals surface area contributed by atoms with E-state index < -0.39 is 34.3 Å². The van der Waals surface area contributed by atoms with Crippen LogP contribution < -0.4 is 5.32 Å². The Morgan fingerprint density at radius 3 is 2.67 bits per heavy atom. The summed E-state index contributed by atoms with van der Waals surface area (Å²) in [5.74, 6) is -2.51. The highest BCUT2D eigenvalue weighted by Gasteiger charge is 2.22. The maximum absolute atomic E-state index is 13.2. The molecule has 0 fully saturated rings. The molecule has 9 heteroatoms. The number of hydrogen-bond donors (Lipinski definition) is 2. The van der Waals surface area contributed by atoms with E-state index in [1.165, 1.54) is 11.8 Å². The number of rotatable bonds is 7. The SMILES string of the molecule is CSCC[C@@H](NC(=O)c1cc(F)cc([N+](=O)[O-])c1)C(=O)O. The van der Waals surface area contributed by atoms with E-state index in [1.54, 1.807) is 6.26 Å². The Morgan fingerprint density at radius 1 is 1.48 bits per heavy atom. The van der Waals surface area contributed by atoms with Gasteiger partial charge in [-0.05, 0) is 24.5 Å². The van der Waals surface area contributed by atoms with E-state index in [2.05, 4.69) is 5.32 Å². The first-order valence-electron chi connectivity index (χ1n) is 5.82. The number of carbonyl (C=O) groups excluding carboxylic acids is 1. The highest BCUT2D eigenvalue weighted by atomic mass is 32.2. The number of nitro groups is 1. The first kappa shape index (κ1) is 16.9. The Kier molecular flexibility index (Phi) is 6.10. The molecule has 2 N–H and O–H groups in total. The summed E-state index contributed by atoms with van der Waals surface area (Å²) < 4.78 is 13.2. The second kappa shape index (κ2) is 7.58. The molecule has 114 valence electrons. The summed E-state index contributed by atoms with van der Waals surface area (Å²) >= 11 is 1.42. The van der Waals surface area contributed by atoms with Crippen LogP contribution in [0.15, 0.2) is 18.2 Å². The van der Waals surface area contributed by atoms with E-state index in [4.69, 9.17) is 5.11 Å². The fourth-order valence-corrected chi connectivity index (χ4v) is 2.02.